The number of hydrogen-bond donors (Lipinski definition) is 1. The molecule has 0 unspecified atom stereocenters. The van der Waals surface area contributed by atoms with E-state index in [9.17, 15) is 13.2 Å². The van der Waals surface area contributed by atoms with Gasteiger partial charge in [-0.2, -0.15) is 13.2 Å². The number of nitrogens with zero attached hydrogens (tertiary/aromatic N) is 1. The third-order valence-corrected chi connectivity index (χ3v) is 1.64. The summed E-state index contributed by atoms with van der Waals surface area (Å²) in [5.74, 6) is 0.316. The second kappa shape index (κ2) is 6.55. The van der Waals surface area contributed by atoms with Crippen LogP contribution in [0.25, 0.3) is 0 Å². The first-order valence-corrected chi connectivity index (χ1v) is 4.40. The van der Waals surface area contributed by atoms with E-state index in [-0.39, 0.29) is 12.4 Å². The van der Waals surface area contributed by atoms with Crippen LogP contribution in [0.15, 0.2) is 18.3 Å². The maximum Gasteiger partial charge on any atom is 0.433 e. The monoisotopic (exact) mass is 256 g/mol. The van der Waals surface area contributed by atoms with E-state index in [4.69, 9.17) is 10.5 Å². The molecule has 0 aliphatic rings. The first-order chi connectivity index (χ1) is 7.04. The van der Waals surface area contributed by atoms with Gasteiger partial charge in [0.15, 0.2) is 0 Å². The highest BCUT2D eigenvalue weighted by atomic mass is 35.5. The molecular weight excluding hydrogens is 245 g/mol. The van der Waals surface area contributed by atoms with Crippen LogP contribution in [0.1, 0.15) is 12.1 Å². The van der Waals surface area contributed by atoms with Crippen LogP contribution in [-0.4, -0.2) is 18.1 Å². The van der Waals surface area contributed by atoms with Crippen LogP contribution >= 0.6 is 12.4 Å². The summed E-state index contributed by atoms with van der Waals surface area (Å²) in [4.78, 5) is 3.25. The standard InChI is InChI=1S/C9H11F3N2O.ClH/c10-9(11,12)8-3-2-7(6-14-8)15-5-1-4-13;/h2-3,6H,1,4-5,13H2;1H. The van der Waals surface area contributed by atoms with Crippen molar-refractivity contribution in [1.82, 2.24) is 4.98 Å². The SMILES string of the molecule is Cl.NCCCOc1ccc(C(F)(F)F)nc1. The first-order valence-electron chi connectivity index (χ1n) is 4.40. The molecule has 0 amide bonds. The van der Waals surface area contributed by atoms with E-state index in [0.29, 0.717) is 25.3 Å². The largest absolute Gasteiger partial charge is 0.492 e. The quantitative estimate of drug-likeness (QED) is 0.841. The van der Waals surface area contributed by atoms with Gasteiger partial charge < -0.3 is 10.5 Å². The minimum absolute atomic E-state index is 0. The highest BCUT2D eigenvalue weighted by molar-refractivity contribution is 5.85. The van der Waals surface area contributed by atoms with Crippen molar-refractivity contribution in [1.29, 1.82) is 0 Å². The molecule has 16 heavy (non-hydrogen) atoms. The number of ether oxygens (including phenoxy) is 1. The van der Waals surface area contributed by atoms with Crippen molar-refractivity contribution in [2.75, 3.05) is 13.2 Å². The Morgan fingerprint density at radius 3 is 2.44 bits per heavy atom. The van der Waals surface area contributed by atoms with Crippen molar-refractivity contribution in [3.8, 4) is 5.75 Å². The lowest BCUT2D eigenvalue weighted by Gasteiger charge is -2.07. The van der Waals surface area contributed by atoms with Gasteiger partial charge in [-0.15, -0.1) is 12.4 Å². The predicted molar refractivity (Wildman–Crippen MR) is 55.7 cm³/mol. The Labute approximate surface area is 97.2 Å². The van der Waals surface area contributed by atoms with E-state index in [2.05, 4.69) is 4.98 Å². The van der Waals surface area contributed by atoms with Gasteiger partial charge >= 0.3 is 6.18 Å². The Kier molecular flexibility index (Phi) is 6.13. The van der Waals surface area contributed by atoms with Crippen molar-refractivity contribution in [3.63, 3.8) is 0 Å². The van der Waals surface area contributed by atoms with Crippen LogP contribution in [0.3, 0.4) is 0 Å². The third-order valence-electron chi connectivity index (χ3n) is 1.64. The van der Waals surface area contributed by atoms with E-state index in [1.807, 2.05) is 0 Å². The molecule has 7 heteroatoms. The van der Waals surface area contributed by atoms with E-state index in [1.54, 1.807) is 0 Å². The minimum atomic E-state index is -4.41. The van der Waals surface area contributed by atoms with Gasteiger partial charge in [0.2, 0.25) is 0 Å². The molecule has 0 atom stereocenters. The van der Waals surface area contributed by atoms with Crippen molar-refractivity contribution in [2.24, 2.45) is 5.73 Å². The lowest BCUT2D eigenvalue weighted by atomic mass is 10.3. The van der Waals surface area contributed by atoms with Crippen LogP contribution in [0.5, 0.6) is 5.75 Å². The van der Waals surface area contributed by atoms with E-state index < -0.39 is 11.9 Å². The highest BCUT2D eigenvalue weighted by Gasteiger charge is 2.32. The molecule has 2 N–H and O–H groups in total. The lowest BCUT2D eigenvalue weighted by molar-refractivity contribution is -0.141. The molecule has 0 saturated carbocycles. The summed E-state index contributed by atoms with van der Waals surface area (Å²) < 4.78 is 41.4. The van der Waals surface area contributed by atoms with Crippen molar-refractivity contribution < 1.29 is 17.9 Å². The number of pyridine rings is 1. The molecule has 0 spiro atoms. The maximum absolute atomic E-state index is 12.1. The molecule has 1 rings (SSSR count). The number of alkyl halides is 3. The molecule has 0 radical (unpaired) electrons. The fraction of sp³-hybridized carbons (Fsp3) is 0.444. The van der Waals surface area contributed by atoms with Crippen LogP contribution in [0, 0.1) is 0 Å². The molecule has 0 aliphatic carbocycles. The Hall–Kier alpha value is -1.01. The number of nitrogens with two attached hydrogens (primary N) is 1. The Balaban J connectivity index is 0.00000225. The van der Waals surface area contributed by atoms with Gasteiger partial charge in [-0.25, -0.2) is 4.98 Å². The summed E-state index contributed by atoms with van der Waals surface area (Å²) in [6, 6.07) is 2.13. The Morgan fingerprint density at radius 2 is 2.00 bits per heavy atom. The number of hydrogen-bond acceptors (Lipinski definition) is 3. The molecule has 1 aromatic heterocycles. The van der Waals surface area contributed by atoms with Crippen LogP contribution in [0.2, 0.25) is 0 Å². The molecule has 0 fully saturated rings. The van der Waals surface area contributed by atoms with Crippen molar-refractivity contribution in [3.05, 3.63) is 24.0 Å². The van der Waals surface area contributed by atoms with Gasteiger partial charge in [0.1, 0.15) is 11.4 Å². The topological polar surface area (TPSA) is 48.1 Å². The zero-order valence-corrected chi connectivity index (χ0v) is 9.14. The molecule has 1 heterocycles. The number of rotatable bonds is 4. The van der Waals surface area contributed by atoms with Gasteiger partial charge in [0.05, 0.1) is 12.8 Å². The lowest BCUT2D eigenvalue weighted by Crippen LogP contribution is -2.09. The van der Waals surface area contributed by atoms with E-state index >= 15 is 0 Å². The summed E-state index contributed by atoms with van der Waals surface area (Å²) in [6.45, 7) is 0.859. The smallest absolute Gasteiger partial charge is 0.433 e. The molecule has 92 valence electrons. The molecule has 1 aromatic rings. The average Bonchev–Trinajstić information content (AvgIpc) is 2.18. The molecule has 0 bridgehead atoms. The second-order valence-electron chi connectivity index (χ2n) is 2.87. The average molecular weight is 257 g/mol. The highest BCUT2D eigenvalue weighted by Crippen LogP contribution is 2.28. The third kappa shape index (κ3) is 4.67. The molecule has 0 saturated heterocycles. The minimum Gasteiger partial charge on any atom is -0.492 e. The summed E-state index contributed by atoms with van der Waals surface area (Å²) >= 11 is 0. The summed E-state index contributed by atoms with van der Waals surface area (Å²) in [5.41, 5.74) is 4.31. The zero-order chi connectivity index (χ0) is 11.3. The molecular formula is C9H12ClF3N2O. The van der Waals surface area contributed by atoms with E-state index in [1.165, 1.54) is 6.07 Å². The van der Waals surface area contributed by atoms with Gasteiger partial charge in [0, 0.05) is 0 Å². The zero-order valence-electron chi connectivity index (χ0n) is 8.33. The number of halogens is 4. The Morgan fingerprint density at radius 1 is 1.31 bits per heavy atom. The molecule has 0 aliphatic heterocycles. The Bertz CT molecular complexity index is 303. The summed E-state index contributed by atoms with van der Waals surface area (Å²) in [5, 5.41) is 0. The number of aromatic nitrogens is 1. The van der Waals surface area contributed by atoms with Crippen LogP contribution in [-0.2, 0) is 6.18 Å². The maximum atomic E-state index is 12.1. The van der Waals surface area contributed by atoms with Gasteiger partial charge in [-0.3, -0.25) is 0 Å². The van der Waals surface area contributed by atoms with Crippen molar-refractivity contribution in [2.45, 2.75) is 12.6 Å². The van der Waals surface area contributed by atoms with Crippen molar-refractivity contribution >= 4 is 12.4 Å². The molecule has 0 aromatic carbocycles. The molecule has 3 nitrogen and oxygen atoms in total. The van der Waals surface area contributed by atoms with Gasteiger partial charge in [-0.05, 0) is 25.1 Å². The fourth-order valence-corrected chi connectivity index (χ4v) is 0.907. The van der Waals surface area contributed by atoms with E-state index in [0.717, 1.165) is 12.3 Å². The predicted octanol–water partition coefficient (Wildman–Crippen LogP) is 2.25. The summed E-state index contributed by atoms with van der Waals surface area (Å²) in [7, 11) is 0. The first kappa shape index (κ1) is 15.0. The van der Waals surface area contributed by atoms with Gasteiger partial charge in [-0.1, -0.05) is 0 Å². The van der Waals surface area contributed by atoms with Crippen LogP contribution < -0.4 is 10.5 Å². The normalized spacial score (nSPS) is 10.8. The fourth-order valence-electron chi connectivity index (χ4n) is 0.907. The van der Waals surface area contributed by atoms with Gasteiger partial charge in [0.25, 0.3) is 0 Å². The second-order valence-corrected chi connectivity index (χ2v) is 2.87. The summed E-state index contributed by atoms with van der Waals surface area (Å²) in [6.07, 6.45) is -2.70. The van der Waals surface area contributed by atoms with Crippen LogP contribution in [0.4, 0.5) is 13.2 Å².